The molecule has 1 atom stereocenters. The number of fused-ring (bicyclic) bond motifs is 1. The Bertz CT molecular complexity index is 840. The molecule has 0 aliphatic carbocycles. The zero-order valence-electron chi connectivity index (χ0n) is 13.4. The van der Waals surface area contributed by atoms with Crippen molar-refractivity contribution < 1.29 is 19.4 Å². The van der Waals surface area contributed by atoms with Gasteiger partial charge in [0.2, 0.25) is 0 Å². The predicted octanol–water partition coefficient (Wildman–Crippen LogP) is 3.61. The fourth-order valence-electron chi connectivity index (χ4n) is 2.60. The van der Waals surface area contributed by atoms with E-state index in [1.54, 1.807) is 0 Å². The van der Waals surface area contributed by atoms with Crippen molar-refractivity contribution in [2.45, 2.75) is 19.1 Å². The molecule has 3 rings (SSSR count). The molecule has 6 heteroatoms. The molecule has 3 aromatic rings. The Hall–Kier alpha value is -3.28. The third-order valence-electron chi connectivity index (χ3n) is 3.81. The molecule has 1 unspecified atom stereocenters. The number of para-hydroxylation sites is 1. The van der Waals surface area contributed by atoms with E-state index in [9.17, 15) is 9.59 Å². The lowest BCUT2D eigenvalue weighted by atomic mass is 10.1. The number of carboxylic acid groups (broad SMARTS) is 1. The van der Waals surface area contributed by atoms with E-state index in [0.717, 1.165) is 16.5 Å². The number of carbonyl (C=O) groups is 2. The Morgan fingerprint density at radius 2 is 1.80 bits per heavy atom. The van der Waals surface area contributed by atoms with Gasteiger partial charge in [0.1, 0.15) is 6.61 Å². The average molecular weight is 338 g/mol. The largest absolute Gasteiger partial charge is 0.481 e. The summed E-state index contributed by atoms with van der Waals surface area (Å²) >= 11 is 0. The van der Waals surface area contributed by atoms with E-state index in [-0.39, 0.29) is 13.0 Å². The van der Waals surface area contributed by atoms with Crippen molar-refractivity contribution in [3.63, 3.8) is 0 Å². The number of aromatic nitrogens is 1. The predicted molar refractivity (Wildman–Crippen MR) is 93.1 cm³/mol. The van der Waals surface area contributed by atoms with Gasteiger partial charge < -0.3 is 20.1 Å². The van der Waals surface area contributed by atoms with E-state index in [0.29, 0.717) is 5.69 Å². The van der Waals surface area contributed by atoms with Gasteiger partial charge in [-0.2, -0.15) is 0 Å². The molecule has 0 saturated heterocycles. The molecule has 2 aromatic carbocycles. The maximum absolute atomic E-state index is 12.1. The van der Waals surface area contributed by atoms with Crippen LogP contribution in [0.2, 0.25) is 0 Å². The highest BCUT2D eigenvalue weighted by Crippen LogP contribution is 2.22. The molecule has 0 bridgehead atoms. The molecule has 0 radical (unpaired) electrons. The van der Waals surface area contributed by atoms with Gasteiger partial charge in [-0.05, 0) is 23.1 Å². The standard InChI is InChI=1S/C19H18N2O4/c22-18(23)11-17(16-10-14-8-4-5-9-15(14)20-16)21-19(24)25-12-13-6-2-1-3-7-13/h1-10,17,20H,11-12H2,(H,21,24)(H,22,23). The Labute approximate surface area is 144 Å². The number of aliphatic carboxylic acids is 1. The number of alkyl carbamates (subject to hydrolysis) is 1. The van der Waals surface area contributed by atoms with Crippen LogP contribution in [0.4, 0.5) is 4.79 Å². The molecule has 1 heterocycles. The number of ether oxygens (including phenoxy) is 1. The minimum Gasteiger partial charge on any atom is -0.481 e. The molecule has 0 saturated carbocycles. The number of benzene rings is 2. The lowest BCUT2D eigenvalue weighted by molar-refractivity contribution is -0.137. The fourth-order valence-corrected chi connectivity index (χ4v) is 2.60. The van der Waals surface area contributed by atoms with Crippen molar-refractivity contribution in [2.75, 3.05) is 0 Å². The van der Waals surface area contributed by atoms with Crippen LogP contribution in [0.5, 0.6) is 0 Å². The smallest absolute Gasteiger partial charge is 0.408 e. The number of rotatable bonds is 6. The number of carbonyl (C=O) groups excluding carboxylic acids is 1. The third kappa shape index (κ3) is 4.38. The minimum atomic E-state index is -1.01. The maximum atomic E-state index is 12.1. The fraction of sp³-hybridized carbons (Fsp3) is 0.158. The lowest BCUT2D eigenvalue weighted by Gasteiger charge is -2.15. The molecule has 0 aliphatic rings. The van der Waals surface area contributed by atoms with Gasteiger partial charge in [-0.15, -0.1) is 0 Å². The third-order valence-corrected chi connectivity index (χ3v) is 3.81. The molecule has 3 N–H and O–H groups in total. The highest BCUT2D eigenvalue weighted by molar-refractivity contribution is 5.81. The van der Waals surface area contributed by atoms with Gasteiger partial charge >= 0.3 is 12.1 Å². The molecule has 0 spiro atoms. The van der Waals surface area contributed by atoms with E-state index in [1.165, 1.54) is 0 Å². The summed E-state index contributed by atoms with van der Waals surface area (Å²) in [6, 6.07) is 18.0. The Morgan fingerprint density at radius 3 is 2.52 bits per heavy atom. The van der Waals surface area contributed by atoms with Gasteiger partial charge in [-0.1, -0.05) is 48.5 Å². The van der Waals surface area contributed by atoms with Gasteiger partial charge in [-0.3, -0.25) is 4.79 Å². The van der Waals surface area contributed by atoms with Crippen molar-refractivity contribution in [3.8, 4) is 0 Å². The van der Waals surface area contributed by atoms with E-state index in [2.05, 4.69) is 10.3 Å². The van der Waals surface area contributed by atoms with E-state index in [4.69, 9.17) is 9.84 Å². The second kappa shape index (κ2) is 7.53. The number of carboxylic acids is 1. The van der Waals surface area contributed by atoms with Crippen molar-refractivity contribution in [2.24, 2.45) is 0 Å². The first-order valence-electron chi connectivity index (χ1n) is 7.88. The van der Waals surface area contributed by atoms with Crippen LogP contribution in [0.15, 0.2) is 60.7 Å². The van der Waals surface area contributed by atoms with Gasteiger partial charge in [0.15, 0.2) is 0 Å². The topological polar surface area (TPSA) is 91.4 Å². The van der Waals surface area contributed by atoms with Crippen molar-refractivity contribution in [1.29, 1.82) is 0 Å². The van der Waals surface area contributed by atoms with Crippen LogP contribution < -0.4 is 5.32 Å². The van der Waals surface area contributed by atoms with Gasteiger partial charge in [-0.25, -0.2) is 4.79 Å². The first kappa shape index (κ1) is 16.6. The van der Waals surface area contributed by atoms with Crippen LogP contribution in [-0.4, -0.2) is 22.2 Å². The molecule has 1 aromatic heterocycles. The number of nitrogens with one attached hydrogen (secondary N) is 2. The number of aromatic amines is 1. The summed E-state index contributed by atoms with van der Waals surface area (Å²) in [7, 11) is 0. The monoisotopic (exact) mass is 338 g/mol. The van der Waals surface area contributed by atoms with Crippen LogP contribution in [0.25, 0.3) is 10.9 Å². The summed E-state index contributed by atoms with van der Waals surface area (Å²) in [5, 5.41) is 12.7. The highest BCUT2D eigenvalue weighted by Gasteiger charge is 2.20. The van der Waals surface area contributed by atoms with Crippen LogP contribution in [0.3, 0.4) is 0 Å². The normalized spacial score (nSPS) is 11.8. The van der Waals surface area contributed by atoms with Crippen LogP contribution in [0.1, 0.15) is 23.7 Å². The number of hydrogen-bond donors (Lipinski definition) is 3. The summed E-state index contributed by atoms with van der Waals surface area (Å²) in [6.07, 6.45) is -0.901. The van der Waals surface area contributed by atoms with Gasteiger partial charge in [0.05, 0.1) is 12.5 Å². The number of amides is 1. The summed E-state index contributed by atoms with van der Waals surface area (Å²) in [5.41, 5.74) is 2.37. The molecule has 128 valence electrons. The molecule has 1 amide bonds. The van der Waals surface area contributed by atoms with Crippen molar-refractivity contribution in [3.05, 3.63) is 71.9 Å². The van der Waals surface area contributed by atoms with Gasteiger partial charge in [0.25, 0.3) is 0 Å². The van der Waals surface area contributed by atoms with Crippen molar-refractivity contribution >= 4 is 23.0 Å². The van der Waals surface area contributed by atoms with Crippen LogP contribution in [-0.2, 0) is 16.1 Å². The zero-order valence-corrected chi connectivity index (χ0v) is 13.4. The molecular weight excluding hydrogens is 320 g/mol. The first-order valence-corrected chi connectivity index (χ1v) is 7.88. The number of H-pyrrole nitrogens is 1. The van der Waals surface area contributed by atoms with Crippen molar-refractivity contribution in [1.82, 2.24) is 10.3 Å². The van der Waals surface area contributed by atoms with E-state index < -0.39 is 18.1 Å². The molecule has 0 aliphatic heterocycles. The maximum Gasteiger partial charge on any atom is 0.408 e. The number of hydrogen-bond acceptors (Lipinski definition) is 3. The first-order chi connectivity index (χ1) is 12.1. The SMILES string of the molecule is O=C(O)CC(NC(=O)OCc1ccccc1)c1cc2ccccc2[nH]1. The average Bonchev–Trinajstić information content (AvgIpc) is 3.04. The van der Waals surface area contributed by atoms with E-state index >= 15 is 0 Å². The molecule has 0 fully saturated rings. The summed E-state index contributed by atoms with van der Waals surface area (Å²) < 4.78 is 5.18. The lowest BCUT2D eigenvalue weighted by Crippen LogP contribution is -2.30. The highest BCUT2D eigenvalue weighted by atomic mass is 16.5. The Balaban J connectivity index is 1.69. The second-order valence-corrected chi connectivity index (χ2v) is 5.67. The van der Waals surface area contributed by atoms with Gasteiger partial charge in [0, 0.05) is 11.2 Å². The molecule has 25 heavy (non-hydrogen) atoms. The second-order valence-electron chi connectivity index (χ2n) is 5.67. The van der Waals surface area contributed by atoms with E-state index in [1.807, 2.05) is 60.7 Å². The van der Waals surface area contributed by atoms with Crippen LogP contribution >= 0.6 is 0 Å². The Kier molecular flexibility index (Phi) is 4.99. The zero-order chi connectivity index (χ0) is 17.6. The Morgan fingerprint density at radius 1 is 1.08 bits per heavy atom. The quantitative estimate of drug-likeness (QED) is 0.640. The molecular formula is C19H18N2O4. The minimum absolute atomic E-state index is 0.124. The summed E-state index contributed by atoms with van der Waals surface area (Å²) in [4.78, 5) is 26.4. The molecule has 6 nitrogen and oxygen atoms in total. The summed E-state index contributed by atoms with van der Waals surface area (Å²) in [6.45, 7) is 0.124. The van der Waals surface area contributed by atoms with Crippen LogP contribution in [0, 0.1) is 0 Å². The summed E-state index contributed by atoms with van der Waals surface area (Å²) in [5.74, 6) is -1.01.